The third-order valence-electron chi connectivity index (χ3n) is 2.42. The molecule has 3 nitrogen and oxygen atoms in total. The van der Waals surface area contributed by atoms with Crippen molar-refractivity contribution in [2.75, 3.05) is 5.73 Å². The van der Waals surface area contributed by atoms with E-state index >= 15 is 0 Å². The lowest BCUT2D eigenvalue weighted by atomic mass is 10.2. The smallest absolute Gasteiger partial charge is 0.138 e. The van der Waals surface area contributed by atoms with Crippen LogP contribution in [0.25, 0.3) is 0 Å². The van der Waals surface area contributed by atoms with Gasteiger partial charge in [0.25, 0.3) is 0 Å². The maximum Gasteiger partial charge on any atom is 0.138 e. The zero-order chi connectivity index (χ0) is 12.3. The fourth-order valence-electron chi connectivity index (χ4n) is 1.45. The van der Waals surface area contributed by atoms with Crippen LogP contribution in [0.5, 0.6) is 0 Å². The molecule has 0 fully saturated rings. The number of nitrogens with zero attached hydrogens (tertiary/aromatic N) is 2. The predicted octanol–water partition coefficient (Wildman–Crippen LogP) is 2.97. The quantitative estimate of drug-likeness (QED) is 0.845. The number of aryl methyl sites for hydroxylation is 2. The molecule has 0 atom stereocenters. The minimum absolute atomic E-state index is 0.648. The van der Waals surface area contributed by atoms with Gasteiger partial charge in [0.15, 0.2) is 0 Å². The summed E-state index contributed by atoms with van der Waals surface area (Å²) in [6.07, 6.45) is 1.68. The second kappa shape index (κ2) is 5.19. The van der Waals surface area contributed by atoms with Gasteiger partial charge in [0.2, 0.25) is 0 Å². The van der Waals surface area contributed by atoms with Crippen LogP contribution in [-0.4, -0.2) is 9.97 Å². The largest absolute Gasteiger partial charge is 0.396 e. The molecule has 88 valence electrons. The van der Waals surface area contributed by atoms with Gasteiger partial charge >= 0.3 is 0 Å². The Morgan fingerprint density at radius 3 is 2.82 bits per heavy atom. The van der Waals surface area contributed by atoms with Gasteiger partial charge in [-0.05, 0) is 26.0 Å². The lowest BCUT2D eigenvalue weighted by Crippen LogP contribution is -1.99. The summed E-state index contributed by atoms with van der Waals surface area (Å²) < 4.78 is 0. The van der Waals surface area contributed by atoms with Gasteiger partial charge in [0.1, 0.15) is 5.82 Å². The van der Waals surface area contributed by atoms with Crippen molar-refractivity contribution in [2.45, 2.75) is 24.5 Å². The fourth-order valence-corrected chi connectivity index (χ4v) is 2.33. The second-order valence-electron chi connectivity index (χ2n) is 3.93. The normalized spacial score (nSPS) is 10.5. The molecule has 4 heteroatoms. The van der Waals surface area contributed by atoms with Crippen LogP contribution in [0, 0.1) is 13.8 Å². The molecule has 17 heavy (non-hydrogen) atoms. The van der Waals surface area contributed by atoms with Gasteiger partial charge in [-0.3, -0.25) is 0 Å². The van der Waals surface area contributed by atoms with Crippen molar-refractivity contribution in [3.05, 3.63) is 47.5 Å². The molecule has 0 saturated carbocycles. The molecule has 0 unspecified atom stereocenters. The number of aromatic nitrogens is 2. The summed E-state index contributed by atoms with van der Waals surface area (Å²) in [5, 5.41) is 0. The Balaban J connectivity index is 2.05. The van der Waals surface area contributed by atoms with E-state index in [-0.39, 0.29) is 0 Å². The van der Waals surface area contributed by atoms with Gasteiger partial charge < -0.3 is 5.73 Å². The van der Waals surface area contributed by atoms with Crippen molar-refractivity contribution in [3.8, 4) is 0 Å². The Morgan fingerprint density at radius 1 is 1.29 bits per heavy atom. The van der Waals surface area contributed by atoms with Crippen molar-refractivity contribution in [3.63, 3.8) is 0 Å². The second-order valence-corrected chi connectivity index (χ2v) is 4.98. The fraction of sp³-hybridized carbons (Fsp3) is 0.231. The monoisotopic (exact) mass is 245 g/mol. The SMILES string of the molecule is Cc1cccc(SCc2ncc(N)c(C)n2)c1. The number of hydrogen-bond donors (Lipinski definition) is 1. The maximum atomic E-state index is 5.68. The number of benzene rings is 1. The molecule has 1 aromatic heterocycles. The highest BCUT2D eigenvalue weighted by atomic mass is 32.2. The first-order valence-electron chi connectivity index (χ1n) is 5.42. The summed E-state index contributed by atoms with van der Waals surface area (Å²) >= 11 is 1.74. The highest BCUT2D eigenvalue weighted by Gasteiger charge is 2.02. The first-order chi connectivity index (χ1) is 8.15. The van der Waals surface area contributed by atoms with Crippen molar-refractivity contribution >= 4 is 17.4 Å². The zero-order valence-electron chi connectivity index (χ0n) is 9.97. The third kappa shape index (κ3) is 3.20. The molecule has 0 aliphatic heterocycles. The number of rotatable bonds is 3. The van der Waals surface area contributed by atoms with E-state index in [0.29, 0.717) is 5.69 Å². The summed E-state index contributed by atoms with van der Waals surface area (Å²) in [5.41, 5.74) is 8.45. The molecule has 0 amide bonds. The summed E-state index contributed by atoms with van der Waals surface area (Å²) in [5.74, 6) is 1.59. The molecule has 2 rings (SSSR count). The van der Waals surface area contributed by atoms with E-state index in [2.05, 4.69) is 41.2 Å². The summed E-state index contributed by atoms with van der Waals surface area (Å²) in [6, 6.07) is 8.41. The Labute approximate surface area is 105 Å². The molecule has 0 saturated heterocycles. The third-order valence-corrected chi connectivity index (χ3v) is 3.41. The average molecular weight is 245 g/mol. The zero-order valence-corrected chi connectivity index (χ0v) is 10.8. The molecular weight excluding hydrogens is 230 g/mol. The van der Waals surface area contributed by atoms with E-state index in [1.54, 1.807) is 18.0 Å². The molecule has 2 aromatic rings. The topological polar surface area (TPSA) is 51.8 Å². The number of thioether (sulfide) groups is 1. The van der Waals surface area contributed by atoms with Crippen LogP contribution in [0.15, 0.2) is 35.4 Å². The van der Waals surface area contributed by atoms with Crippen LogP contribution in [0.4, 0.5) is 5.69 Å². The molecule has 0 aliphatic rings. The first kappa shape index (κ1) is 11.9. The van der Waals surface area contributed by atoms with Gasteiger partial charge in [-0.1, -0.05) is 17.7 Å². The summed E-state index contributed by atoms with van der Waals surface area (Å²) in [7, 11) is 0. The van der Waals surface area contributed by atoms with E-state index < -0.39 is 0 Å². The number of nitrogens with two attached hydrogens (primary N) is 1. The Hall–Kier alpha value is -1.55. The number of nitrogen functional groups attached to an aromatic ring is 1. The number of anilines is 1. The molecular formula is C13H15N3S. The van der Waals surface area contributed by atoms with Gasteiger partial charge in [-0.2, -0.15) is 0 Å². The van der Waals surface area contributed by atoms with E-state index in [4.69, 9.17) is 5.73 Å². The van der Waals surface area contributed by atoms with Crippen molar-refractivity contribution in [1.29, 1.82) is 0 Å². The van der Waals surface area contributed by atoms with Crippen LogP contribution in [0.3, 0.4) is 0 Å². The molecule has 0 aliphatic carbocycles. The van der Waals surface area contributed by atoms with Crippen molar-refractivity contribution in [2.24, 2.45) is 0 Å². The minimum atomic E-state index is 0.648. The maximum absolute atomic E-state index is 5.68. The molecule has 0 radical (unpaired) electrons. The van der Waals surface area contributed by atoms with Crippen LogP contribution < -0.4 is 5.73 Å². The van der Waals surface area contributed by atoms with Crippen LogP contribution in [0.2, 0.25) is 0 Å². The molecule has 1 heterocycles. The lowest BCUT2D eigenvalue weighted by molar-refractivity contribution is 1.00. The average Bonchev–Trinajstić information content (AvgIpc) is 2.31. The van der Waals surface area contributed by atoms with E-state index in [1.807, 2.05) is 6.92 Å². The highest BCUT2D eigenvalue weighted by Crippen LogP contribution is 2.22. The van der Waals surface area contributed by atoms with Crippen LogP contribution in [0.1, 0.15) is 17.1 Å². The molecule has 0 spiro atoms. The minimum Gasteiger partial charge on any atom is -0.396 e. The summed E-state index contributed by atoms with van der Waals surface area (Å²) in [4.78, 5) is 9.81. The Kier molecular flexibility index (Phi) is 3.64. The highest BCUT2D eigenvalue weighted by molar-refractivity contribution is 7.98. The standard InChI is InChI=1S/C13H15N3S/c1-9-4-3-5-11(6-9)17-8-13-15-7-12(14)10(2)16-13/h3-7H,8,14H2,1-2H3. The predicted molar refractivity (Wildman–Crippen MR) is 71.9 cm³/mol. The van der Waals surface area contributed by atoms with Gasteiger partial charge in [-0.15, -0.1) is 11.8 Å². The first-order valence-corrected chi connectivity index (χ1v) is 6.41. The van der Waals surface area contributed by atoms with Gasteiger partial charge in [0.05, 0.1) is 23.3 Å². The summed E-state index contributed by atoms with van der Waals surface area (Å²) in [6.45, 7) is 3.99. The van der Waals surface area contributed by atoms with Crippen molar-refractivity contribution in [1.82, 2.24) is 9.97 Å². The van der Waals surface area contributed by atoms with Crippen LogP contribution in [-0.2, 0) is 5.75 Å². The van der Waals surface area contributed by atoms with Gasteiger partial charge in [0, 0.05) is 4.90 Å². The van der Waals surface area contributed by atoms with E-state index in [1.165, 1.54) is 10.5 Å². The molecule has 1 aromatic carbocycles. The van der Waals surface area contributed by atoms with E-state index in [0.717, 1.165) is 17.3 Å². The van der Waals surface area contributed by atoms with Crippen molar-refractivity contribution < 1.29 is 0 Å². The molecule has 0 bridgehead atoms. The van der Waals surface area contributed by atoms with E-state index in [9.17, 15) is 0 Å². The molecule has 2 N–H and O–H groups in total. The number of hydrogen-bond acceptors (Lipinski definition) is 4. The van der Waals surface area contributed by atoms with Gasteiger partial charge in [-0.25, -0.2) is 9.97 Å². The Bertz CT molecular complexity index is 526. The van der Waals surface area contributed by atoms with Crippen LogP contribution >= 0.6 is 11.8 Å². The Morgan fingerprint density at radius 2 is 2.12 bits per heavy atom. The lowest BCUT2D eigenvalue weighted by Gasteiger charge is -2.04.